The largest absolute Gasteiger partial charge is 0.516 e. The number of ether oxygens (including phenoxy) is 2. The van der Waals surface area contributed by atoms with E-state index in [-0.39, 0.29) is 12.0 Å². The van der Waals surface area contributed by atoms with E-state index in [9.17, 15) is 9.59 Å². The van der Waals surface area contributed by atoms with Crippen LogP contribution in [0, 0.1) is 5.92 Å². The topological polar surface area (TPSA) is 52.6 Å². The first-order valence-corrected chi connectivity index (χ1v) is 7.18. The Labute approximate surface area is 108 Å². The Bertz CT molecular complexity index is 288. The van der Waals surface area contributed by atoms with Gasteiger partial charge in [-0.2, -0.15) is 0 Å². The molecule has 0 aromatic rings. The summed E-state index contributed by atoms with van der Waals surface area (Å²) in [6, 6.07) is 0. The number of hydrogen-bond acceptors (Lipinski definition) is 4. The first kappa shape index (κ1) is 13.4. The van der Waals surface area contributed by atoms with Crippen molar-refractivity contribution in [2.24, 2.45) is 5.92 Å². The highest BCUT2D eigenvalue weighted by atomic mass is 16.7. The molecule has 0 unspecified atom stereocenters. The van der Waals surface area contributed by atoms with Gasteiger partial charge in [0.1, 0.15) is 6.10 Å². The van der Waals surface area contributed by atoms with Crippen molar-refractivity contribution in [3.63, 3.8) is 0 Å². The molecular formula is C14H22O4. The normalized spacial score (nSPS) is 22.4. The van der Waals surface area contributed by atoms with Gasteiger partial charge in [-0.15, -0.1) is 0 Å². The van der Waals surface area contributed by atoms with Crippen molar-refractivity contribution < 1.29 is 19.1 Å². The zero-order chi connectivity index (χ0) is 12.8. The minimum Gasteiger partial charge on any atom is -0.431 e. The summed E-state index contributed by atoms with van der Waals surface area (Å²) in [7, 11) is 0. The monoisotopic (exact) mass is 254 g/mol. The Morgan fingerprint density at radius 3 is 1.94 bits per heavy atom. The summed E-state index contributed by atoms with van der Waals surface area (Å²) in [5.74, 6) is -0.492. The van der Waals surface area contributed by atoms with Gasteiger partial charge in [0.15, 0.2) is 0 Å². The number of carbonyl (C=O) groups excluding carboxylic acids is 2. The summed E-state index contributed by atoms with van der Waals surface area (Å²) in [5, 5.41) is 0. The van der Waals surface area contributed by atoms with E-state index in [1.165, 1.54) is 12.8 Å². The van der Waals surface area contributed by atoms with Crippen LogP contribution < -0.4 is 0 Å². The smallest absolute Gasteiger partial charge is 0.431 e. The highest BCUT2D eigenvalue weighted by molar-refractivity contribution is 5.83. The van der Waals surface area contributed by atoms with Crippen LogP contribution in [-0.4, -0.2) is 18.2 Å². The van der Waals surface area contributed by atoms with Crippen LogP contribution in [0.15, 0.2) is 0 Å². The molecule has 0 atom stereocenters. The van der Waals surface area contributed by atoms with E-state index < -0.39 is 12.1 Å². The maximum Gasteiger partial charge on any atom is 0.516 e. The Morgan fingerprint density at radius 1 is 0.778 bits per heavy atom. The van der Waals surface area contributed by atoms with E-state index in [0.717, 1.165) is 51.4 Å². The number of rotatable bonds is 2. The zero-order valence-corrected chi connectivity index (χ0v) is 10.9. The Balaban J connectivity index is 1.70. The third-order valence-electron chi connectivity index (χ3n) is 3.94. The Kier molecular flexibility index (Phi) is 5.02. The lowest BCUT2D eigenvalue weighted by molar-refractivity contribution is -0.146. The third-order valence-corrected chi connectivity index (χ3v) is 3.94. The Hall–Kier alpha value is -1.06. The maximum absolute atomic E-state index is 11.7. The van der Waals surface area contributed by atoms with E-state index >= 15 is 0 Å². The van der Waals surface area contributed by atoms with Crippen molar-refractivity contribution in [3.8, 4) is 0 Å². The lowest BCUT2D eigenvalue weighted by Gasteiger charge is -2.22. The lowest BCUT2D eigenvalue weighted by atomic mass is 9.89. The van der Waals surface area contributed by atoms with E-state index in [1.807, 2.05) is 0 Å². The second-order valence-electron chi connectivity index (χ2n) is 5.38. The molecule has 0 heterocycles. The molecule has 0 bridgehead atoms. The van der Waals surface area contributed by atoms with Crippen LogP contribution in [0.4, 0.5) is 4.79 Å². The molecule has 0 radical (unpaired) electrons. The second kappa shape index (κ2) is 6.76. The minimum absolute atomic E-state index is 0.0506. The van der Waals surface area contributed by atoms with Gasteiger partial charge >= 0.3 is 12.1 Å². The van der Waals surface area contributed by atoms with Crippen molar-refractivity contribution in [1.29, 1.82) is 0 Å². The zero-order valence-electron chi connectivity index (χ0n) is 10.9. The van der Waals surface area contributed by atoms with Crippen LogP contribution in [0.2, 0.25) is 0 Å². The molecule has 2 aliphatic rings. The molecule has 0 aromatic heterocycles. The molecule has 4 heteroatoms. The number of esters is 1. The quantitative estimate of drug-likeness (QED) is 0.558. The van der Waals surface area contributed by atoms with Crippen LogP contribution in [0.3, 0.4) is 0 Å². The van der Waals surface area contributed by atoms with E-state index in [0.29, 0.717) is 0 Å². The molecule has 0 aromatic carbocycles. The SMILES string of the molecule is O=C(OC(=O)C1CCCCC1)OC1CCCCC1. The molecule has 18 heavy (non-hydrogen) atoms. The van der Waals surface area contributed by atoms with Gasteiger partial charge in [0.2, 0.25) is 0 Å². The predicted octanol–water partition coefficient (Wildman–Crippen LogP) is 3.58. The van der Waals surface area contributed by atoms with Crippen molar-refractivity contribution in [2.45, 2.75) is 70.3 Å². The van der Waals surface area contributed by atoms with E-state index in [2.05, 4.69) is 0 Å². The summed E-state index contributed by atoms with van der Waals surface area (Å²) >= 11 is 0. The summed E-state index contributed by atoms with van der Waals surface area (Å²) in [5.41, 5.74) is 0. The average molecular weight is 254 g/mol. The van der Waals surface area contributed by atoms with E-state index in [1.54, 1.807) is 0 Å². The lowest BCUT2D eigenvalue weighted by Crippen LogP contribution is -2.27. The van der Waals surface area contributed by atoms with Crippen LogP contribution in [0.25, 0.3) is 0 Å². The van der Waals surface area contributed by atoms with Gasteiger partial charge in [0.25, 0.3) is 0 Å². The van der Waals surface area contributed by atoms with E-state index in [4.69, 9.17) is 9.47 Å². The van der Waals surface area contributed by atoms with Crippen molar-refractivity contribution in [1.82, 2.24) is 0 Å². The average Bonchev–Trinajstić information content (AvgIpc) is 2.40. The van der Waals surface area contributed by atoms with Crippen LogP contribution in [-0.2, 0) is 14.3 Å². The van der Waals surface area contributed by atoms with Crippen LogP contribution >= 0.6 is 0 Å². The molecule has 4 nitrogen and oxygen atoms in total. The molecule has 0 aliphatic heterocycles. The molecular weight excluding hydrogens is 232 g/mol. The summed E-state index contributed by atoms with van der Waals surface area (Å²) in [4.78, 5) is 23.2. The van der Waals surface area contributed by atoms with Crippen molar-refractivity contribution >= 4 is 12.1 Å². The second-order valence-corrected chi connectivity index (χ2v) is 5.38. The molecule has 0 amide bonds. The van der Waals surface area contributed by atoms with Crippen LogP contribution in [0.5, 0.6) is 0 Å². The number of hydrogen-bond donors (Lipinski definition) is 0. The van der Waals surface area contributed by atoms with Gasteiger partial charge in [-0.3, -0.25) is 4.79 Å². The first-order valence-electron chi connectivity index (χ1n) is 7.18. The molecule has 102 valence electrons. The highest BCUT2D eigenvalue weighted by Gasteiger charge is 2.26. The van der Waals surface area contributed by atoms with Gasteiger partial charge in [0.05, 0.1) is 5.92 Å². The third kappa shape index (κ3) is 4.00. The molecule has 2 fully saturated rings. The van der Waals surface area contributed by atoms with Gasteiger partial charge in [-0.25, -0.2) is 4.79 Å². The Morgan fingerprint density at radius 2 is 1.33 bits per heavy atom. The molecule has 2 aliphatic carbocycles. The first-order chi connectivity index (χ1) is 8.75. The number of carbonyl (C=O) groups is 2. The maximum atomic E-state index is 11.7. The summed E-state index contributed by atoms with van der Waals surface area (Å²) in [6.07, 6.45) is 9.30. The molecule has 0 N–H and O–H groups in total. The fraction of sp³-hybridized carbons (Fsp3) is 0.857. The van der Waals surface area contributed by atoms with Gasteiger partial charge in [-0.05, 0) is 38.5 Å². The summed E-state index contributed by atoms with van der Waals surface area (Å²) < 4.78 is 9.96. The predicted molar refractivity (Wildman–Crippen MR) is 66.0 cm³/mol. The highest BCUT2D eigenvalue weighted by Crippen LogP contribution is 2.25. The minimum atomic E-state index is -0.794. The molecule has 2 saturated carbocycles. The van der Waals surface area contributed by atoms with Crippen molar-refractivity contribution in [2.75, 3.05) is 0 Å². The van der Waals surface area contributed by atoms with Crippen molar-refractivity contribution in [3.05, 3.63) is 0 Å². The van der Waals surface area contributed by atoms with Gasteiger partial charge < -0.3 is 9.47 Å². The summed E-state index contributed by atoms with van der Waals surface area (Å²) in [6.45, 7) is 0. The fourth-order valence-electron chi connectivity index (χ4n) is 2.85. The fourth-order valence-corrected chi connectivity index (χ4v) is 2.85. The van der Waals surface area contributed by atoms with Crippen LogP contribution in [0.1, 0.15) is 64.2 Å². The standard InChI is InChI=1S/C14H22O4/c15-13(11-7-3-1-4-8-11)18-14(16)17-12-9-5-2-6-10-12/h11-12H,1-10H2. The molecule has 0 saturated heterocycles. The van der Waals surface area contributed by atoms with Gasteiger partial charge in [-0.1, -0.05) is 25.7 Å². The van der Waals surface area contributed by atoms with Gasteiger partial charge in [0, 0.05) is 0 Å². The molecule has 2 rings (SSSR count). The molecule has 0 spiro atoms.